The van der Waals surface area contributed by atoms with Gasteiger partial charge in [-0.15, -0.1) is 0 Å². The van der Waals surface area contributed by atoms with Gasteiger partial charge in [0.2, 0.25) is 5.56 Å². The first-order valence-corrected chi connectivity index (χ1v) is 6.27. The molecule has 3 rings (SSSR count). The van der Waals surface area contributed by atoms with Crippen LogP contribution in [0.3, 0.4) is 0 Å². The second-order valence-corrected chi connectivity index (χ2v) is 4.55. The van der Waals surface area contributed by atoms with Crippen LogP contribution < -0.4 is 11.3 Å². The van der Waals surface area contributed by atoms with E-state index in [1.165, 1.54) is 30.5 Å². The van der Waals surface area contributed by atoms with E-state index in [4.69, 9.17) is 5.73 Å². The Morgan fingerprint density at radius 2 is 1.86 bits per heavy atom. The van der Waals surface area contributed by atoms with Gasteiger partial charge < -0.3 is 10.7 Å². The number of benzene rings is 1. The monoisotopic (exact) mass is 287 g/mol. The Hall–Kier alpha value is -2.60. The first-order chi connectivity index (χ1) is 10.1. The van der Waals surface area contributed by atoms with Gasteiger partial charge in [-0.1, -0.05) is 12.1 Å². The molecule has 0 amide bonds. The summed E-state index contributed by atoms with van der Waals surface area (Å²) in [7, 11) is 0. The summed E-state index contributed by atoms with van der Waals surface area (Å²) in [6.07, 6.45) is 1.43. The molecule has 0 aliphatic carbocycles. The van der Waals surface area contributed by atoms with Gasteiger partial charge in [0.05, 0.1) is 0 Å². The molecule has 2 heterocycles. The van der Waals surface area contributed by atoms with E-state index in [1.54, 1.807) is 6.07 Å². The fourth-order valence-corrected chi connectivity index (χ4v) is 2.25. The van der Waals surface area contributed by atoms with Crippen LogP contribution in [-0.4, -0.2) is 9.97 Å². The lowest BCUT2D eigenvalue weighted by Crippen LogP contribution is -2.05. The van der Waals surface area contributed by atoms with E-state index < -0.39 is 11.6 Å². The van der Waals surface area contributed by atoms with Crippen molar-refractivity contribution in [1.29, 1.82) is 0 Å². The highest BCUT2D eigenvalue weighted by atomic mass is 19.2. The van der Waals surface area contributed by atoms with Crippen molar-refractivity contribution in [3.05, 3.63) is 64.1 Å². The fraction of sp³-hybridized carbons (Fsp3) is 0.0667. The Bertz CT molecular complexity index is 890. The summed E-state index contributed by atoms with van der Waals surface area (Å²) in [5.41, 5.74) is 6.04. The van der Waals surface area contributed by atoms with Crippen molar-refractivity contribution in [2.45, 2.75) is 6.54 Å². The van der Waals surface area contributed by atoms with Gasteiger partial charge in [0.1, 0.15) is 5.65 Å². The third-order valence-corrected chi connectivity index (χ3v) is 3.31. The molecule has 21 heavy (non-hydrogen) atoms. The molecule has 0 atom stereocenters. The molecule has 0 aliphatic rings. The maximum Gasteiger partial charge on any atom is 0.249 e. The van der Waals surface area contributed by atoms with Gasteiger partial charge in [-0.05, 0) is 17.7 Å². The predicted molar refractivity (Wildman–Crippen MR) is 75.6 cm³/mol. The quantitative estimate of drug-likeness (QED) is 0.760. The fourth-order valence-electron chi connectivity index (χ4n) is 2.25. The van der Waals surface area contributed by atoms with Crippen molar-refractivity contribution in [1.82, 2.24) is 9.97 Å². The van der Waals surface area contributed by atoms with Gasteiger partial charge in [-0.3, -0.25) is 4.79 Å². The molecular weight excluding hydrogens is 276 g/mol. The Kier molecular flexibility index (Phi) is 3.23. The molecule has 0 spiro atoms. The van der Waals surface area contributed by atoms with Crippen molar-refractivity contribution in [3.63, 3.8) is 0 Å². The maximum absolute atomic E-state index is 14.2. The zero-order chi connectivity index (χ0) is 15.0. The van der Waals surface area contributed by atoms with Crippen molar-refractivity contribution >= 4 is 11.0 Å². The minimum absolute atomic E-state index is 0.0759. The zero-order valence-electron chi connectivity index (χ0n) is 10.9. The average molecular weight is 287 g/mol. The molecule has 0 fully saturated rings. The number of halogens is 2. The van der Waals surface area contributed by atoms with E-state index in [1.807, 2.05) is 0 Å². The van der Waals surface area contributed by atoms with Crippen molar-refractivity contribution < 1.29 is 8.78 Å². The molecule has 0 saturated carbocycles. The van der Waals surface area contributed by atoms with E-state index in [0.29, 0.717) is 16.6 Å². The van der Waals surface area contributed by atoms with Gasteiger partial charge in [0.25, 0.3) is 0 Å². The summed E-state index contributed by atoms with van der Waals surface area (Å²) in [6.45, 7) is -0.0759. The standard InChI is InChI=1S/C15H11F2N3O/c16-13-8(7-18)1-2-10(14(13)17)9-5-6-19-15-11(9)3-4-12(21)20-15/h1-6H,7,18H2,(H,19,20,21). The van der Waals surface area contributed by atoms with Crippen LogP contribution in [-0.2, 0) is 6.54 Å². The van der Waals surface area contributed by atoms with Crippen LogP contribution in [0.15, 0.2) is 41.3 Å². The number of aromatic amines is 1. The summed E-state index contributed by atoms with van der Waals surface area (Å²) in [6, 6.07) is 7.34. The van der Waals surface area contributed by atoms with Gasteiger partial charge in [-0.2, -0.15) is 0 Å². The number of nitrogens with one attached hydrogen (secondary N) is 1. The average Bonchev–Trinajstić information content (AvgIpc) is 2.49. The normalized spacial score (nSPS) is 11.0. The van der Waals surface area contributed by atoms with E-state index in [-0.39, 0.29) is 23.2 Å². The molecule has 1 aromatic carbocycles. The molecule has 106 valence electrons. The van der Waals surface area contributed by atoms with E-state index in [2.05, 4.69) is 9.97 Å². The van der Waals surface area contributed by atoms with Crippen LogP contribution in [0.1, 0.15) is 5.56 Å². The summed E-state index contributed by atoms with van der Waals surface area (Å²) in [4.78, 5) is 17.9. The number of nitrogens with zero attached hydrogens (tertiary/aromatic N) is 1. The predicted octanol–water partition coefficient (Wildman–Crippen LogP) is 2.33. The van der Waals surface area contributed by atoms with E-state index >= 15 is 0 Å². The second kappa shape index (κ2) is 5.06. The molecule has 3 aromatic rings. The summed E-state index contributed by atoms with van der Waals surface area (Å²) >= 11 is 0. The molecule has 6 heteroatoms. The van der Waals surface area contributed by atoms with E-state index in [0.717, 1.165) is 0 Å². The highest BCUT2D eigenvalue weighted by molar-refractivity contribution is 5.92. The molecule has 3 N–H and O–H groups in total. The maximum atomic E-state index is 14.2. The first-order valence-electron chi connectivity index (χ1n) is 6.27. The lowest BCUT2D eigenvalue weighted by atomic mass is 10.0. The van der Waals surface area contributed by atoms with Gasteiger partial charge in [-0.25, -0.2) is 13.8 Å². The van der Waals surface area contributed by atoms with Crippen molar-refractivity contribution in [2.75, 3.05) is 0 Å². The SMILES string of the molecule is NCc1ccc(-c2ccnc3[nH]c(=O)ccc23)c(F)c1F. The molecule has 4 nitrogen and oxygen atoms in total. The number of nitrogens with two attached hydrogens (primary N) is 1. The van der Waals surface area contributed by atoms with Crippen LogP contribution in [0.4, 0.5) is 8.78 Å². The molecule has 2 aromatic heterocycles. The number of aromatic nitrogens is 2. The number of rotatable bonds is 2. The number of fused-ring (bicyclic) bond motifs is 1. The highest BCUT2D eigenvalue weighted by Gasteiger charge is 2.16. The van der Waals surface area contributed by atoms with Crippen molar-refractivity contribution in [3.8, 4) is 11.1 Å². The summed E-state index contributed by atoms with van der Waals surface area (Å²) < 4.78 is 28.1. The minimum Gasteiger partial charge on any atom is -0.326 e. The number of hydrogen-bond donors (Lipinski definition) is 2. The molecule has 0 bridgehead atoms. The lowest BCUT2D eigenvalue weighted by Gasteiger charge is -2.09. The topological polar surface area (TPSA) is 71.8 Å². The number of hydrogen-bond acceptors (Lipinski definition) is 3. The Morgan fingerprint density at radius 3 is 2.62 bits per heavy atom. The van der Waals surface area contributed by atoms with Gasteiger partial charge in [0, 0.05) is 35.3 Å². The van der Waals surface area contributed by atoms with Gasteiger partial charge in [0.15, 0.2) is 11.6 Å². The first kappa shape index (κ1) is 13.4. The number of H-pyrrole nitrogens is 1. The van der Waals surface area contributed by atoms with Crippen LogP contribution >= 0.6 is 0 Å². The third-order valence-electron chi connectivity index (χ3n) is 3.31. The van der Waals surface area contributed by atoms with Crippen molar-refractivity contribution in [2.24, 2.45) is 5.73 Å². The largest absolute Gasteiger partial charge is 0.326 e. The Balaban J connectivity index is 2.31. The highest BCUT2D eigenvalue weighted by Crippen LogP contribution is 2.30. The molecular formula is C15H11F2N3O. The third kappa shape index (κ3) is 2.19. The summed E-state index contributed by atoms with van der Waals surface area (Å²) in [5.74, 6) is -1.92. The molecule has 0 unspecified atom stereocenters. The lowest BCUT2D eigenvalue weighted by molar-refractivity contribution is 0.502. The zero-order valence-corrected chi connectivity index (χ0v) is 10.9. The van der Waals surface area contributed by atoms with Crippen LogP contribution in [0, 0.1) is 11.6 Å². The molecule has 0 aliphatic heterocycles. The minimum atomic E-state index is -0.961. The van der Waals surface area contributed by atoms with Crippen LogP contribution in [0.25, 0.3) is 22.2 Å². The van der Waals surface area contributed by atoms with E-state index in [9.17, 15) is 13.6 Å². The van der Waals surface area contributed by atoms with Gasteiger partial charge >= 0.3 is 0 Å². The second-order valence-electron chi connectivity index (χ2n) is 4.55. The Labute approximate surface area is 118 Å². The smallest absolute Gasteiger partial charge is 0.249 e. The Morgan fingerprint density at radius 1 is 1.05 bits per heavy atom. The van der Waals surface area contributed by atoms with Crippen LogP contribution in [0.5, 0.6) is 0 Å². The summed E-state index contributed by atoms with van der Waals surface area (Å²) in [5, 5.41) is 0.538. The van der Waals surface area contributed by atoms with Crippen LogP contribution in [0.2, 0.25) is 0 Å². The molecule has 0 radical (unpaired) electrons. The molecule has 0 saturated heterocycles. The number of pyridine rings is 2.